The molecule has 0 saturated heterocycles. The fraction of sp³-hybridized carbons (Fsp3) is 0.0526. The van der Waals surface area contributed by atoms with Crippen molar-refractivity contribution in [3.8, 4) is 11.3 Å². The van der Waals surface area contributed by atoms with Crippen molar-refractivity contribution in [2.75, 3.05) is 4.72 Å². The third-order valence-corrected chi connectivity index (χ3v) is 5.23. The first kappa shape index (κ1) is 18.1. The number of sulfonamides is 1. The number of hydrogen-bond acceptors (Lipinski definition) is 4. The molecule has 2 aromatic heterocycles. The van der Waals surface area contributed by atoms with E-state index >= 15 is 0 Å². The Bertz CT molecular complexity index is 1200. The molecule has 0 aliphatic carbocycles. The van der Waals surface area contributed by atoms with E-state index in [9.17, 15) is 17.2 Å². The summed E-state index contributed by atoms with van der Waals surface area (Å²) in [5.74, 6) is -1.63. The molecule has 2 aromatic carbocycles. The van der Waals surface area contributed by atoms with Gasteiger partial charge < -0.3 is 0 Å². The van der Waals surface area contributed by atoms with E-state index in [-0.39, 0.29) is 5.56 Å². The highest BCUT2D eigenvalue weighted by molar-refractivity contribution is 7.91. The predicted molar refractivity (Wildman–Crippen MR) is 101 cm³/mol. The summed E-state index contributed by atoms with van der Waals surface area (Å²) in [5.41, 5.74) is 1.85. The summed E-state index contributed by atoms with van der Waals surface area (Å²) in [4.78, 5) is 8.55. The summed E-state index contributed by atoms with van der Waals surface area (Å²) in [6, 6.07) is 11.1. The monoisotopic (exact) mass is 400 g/mol. The molecule has 0 atom stereocenters. The Morgan fingerprint density at radius 3 is 2.43 bits per heavy atom. The molecule has 0 spiro atoms. The fourth-order valence-electron chi connectivity index (χ4n) is 2.81. The topological polar surface area (TPSA) is 76.4 Å². The molecule has 1 N–H and O–H groups in total. The minimum absolute atomic E-state index is 0.0267. The van der Waals surface area contributed by atoms with E-state index in [1.807, 2.05) is 12.4 Å². The molecule has 0 unspecified atom stereocenters. The second kappa shape index (κ2) is 7.01. The lowest BCUT2D eigenvalue weighted by Crippen LogP contribution is -2.15. The van der Waals surface area contributed by atoms with E-state index in [0.717, 1.165) is 17.7 Å². The van der Waals surface area contributed by atoms with Gasteiger partial charge >= 0.3 is 0 Å². The Kier molecular flexibility index (Phi) is 4.52. The first-order chi connectivity index (χ1) is 13.4. The van der Waals surface area contributed by atoms with E-state index in [4.69, 9.17) is 0 Å². The van der Waals surface area contributed by atoms with E-state index in [1.165, 1.54) is 0 Å². The van der Waals surface area contributed by atoms with Gasteiger partial charge in [-0.2, -0.15) is 0 Å². The van der Waals surface area contributed by atoms with Crippen molar-refractivity contribution in [2.45, 2.75) is 5.75 Å². The summed E-state index contributed by atoms with van der Waals surface area (Å²) >= 11 is 0. The summed E-state index contributed by atoms with van der Waals surface area (Å²) in [6.07, 6.45) is 5.30. The normalized spacial score (nSPS) is 11.6. The number of rotatable bonds is 5. The van der Waals surface area contributed by atoms with Crippen LogP contribution < -0.4 is 4.72 Å². The number of fused-ring (bicyclic) bond motifs is 1. The predicted octanol–water partition coefficient (Wildman–Crippen LogP) is 3.62. The van der Waals surface area contributed by atoms with Gasteiger partial charge in [-0.1, -0.05) is 12.1 Å². The molecule has 0 aliphatic rings. The standard InChI is InChI=1S/C19H14F2N4O2S/c20-15-8-13(9-16(21)10-15)12-28(26,27)24-17-4-2-14(3-5-17)18-11-25-7-1-6-22-19(25)23-18/h1-11,24H,12H2. The van der Waals surface area contributed by atoms with Crippen LogP contribution in [0, 0.1) is 11.6 Å². The van der Waals surface area contributed by atoms with Crippen LogP contribution >= 0.6 is 0 Å². The van der Waals surface area contributed by atoms with Crippen molar-refractivity contribution in [3.63, 3.8) is 0 Å². The molecule has 0 aliphatic heterocycles. The fourth-order valence-corrected chi connectivity index (χ4v) is 3.98. The number of imidazole rings is 1. The minimum Gasteiger partial charge on any atom is -0.291 e. The van der Waals surface area contributed by atoms with E-state index in [0.29, 0.717) is 23.2 Å². The average molecular weight is 400 g/mol. The quantitative estimate of drug-likeness (QED) is 0.555. The zero-order valence-electron chi connectivity index (χ0n) is 14.4. The molecule has 0 fully saturated rings. The van der Waals surface area contributed by atoms with Gasteiger partial charge in [0.2, 0.25) is 15.8 Å². The maximum absolute atomic E-state index is 13.2. The van der Waals surface area contributed by atoms with E-state index < -0.39 is 27.4 Å². The number of aromatic nitrogens is 3. The molecular formula is C19H14F2N4O2S. The van der Waals surface area contributed by atoms with Gasteiger partial charge in [-0.3, -0.25) is 9.12 Å². The molecule has 9 heteroatoms. The molecule has 142 valence electrons. The van der Waals surface area contributed by atoms with Gasteiger partial charge in [0.05, 0.1) is 11.4 Å². The highest BCUT2D eigenvalue weighted by Gasteiger charge is 2.14. The van der Waals surface area contributed by atoms with Crippen LogP contribution in [0.5, 0.6) is 0 Å². The number of halogens is 2. The van der Waals surface area contributed by atoms with Gasteiger partial charge in [0, 0.05) is 35.9 Å². The van der Waals surface area contributed by atoms with Crippen LogP contribution in [-0.2, 0) is 15.8 Å². The number of anilines is 1. The summed E-state index contributed by atoms with van der Waals surface area (Å²) < 4.78 is 55.2. The average Bonchev–Trinajstić information content (AvgIpc) is 3.04. The van der Waals surface area contributed by atoms with Crippen molar-refractivity contribution in [1.82, 2.24) is 14.4 Å². The molecule has 2 heterocycles. The molecule has 6 nitrogen and oxygen atoms in total. The Morgan fingerprint density at radius 1 is 1.04 bits per heavy atom. The van der Waals surface area contributed by atoms with E-state index in [2.05, 4.69) is 14.7 Å². The zero-order valence-corrected chi connectivity index (χ0v) is 15.2. The third kappa shape index (κ3) is 3.99. The summed E-state index contributed by atoms with van der Waals surface area (Å²) in [5, 5.41) is 0. The lowest BCUT2D eigenvalue weighted by atomic mass is 10.1. The van der Waals surface area contributed by atoms with Gasteiger partial charge in [0.1, 0.15) is 11.6 Å². The van der Waals surface area contributed by atoms with Gasteiger partial charge in [0.25, 0.3) is 0 Å². The van der Waals surface area contributed by atoms with Crippen LogP contribution in [-0.4, -0.2) is 22.8 Å². The smallest absolute Gasteiger partial charge is 0.236 e. The molecule has 0 radical (unpaired) electrons. The molecule has 28 heavy (non-hydrogen) atoms. The SMILES string of the molecule is O=S(=O)(Cc1cc(F)cc(F)c1)Nc1ccc(-c2cn3cccnc3n2)cc1. The maximum atomic E-state index is 13.2. The van der Waals surface area contributed by atoms with Crippen LogP contribution in [0.15, 0.2) is 67.1 Å². The Balaban J connectivity index is 1.52. The Morgan fingerprint density at radius 2 is 1.75 bits per heavy atom. The van der Waals surface area contributed by atoms with Crippen LogP contribution in [0.1, 0.15) is 5.56 Å². The van der Waals surface area contributed by atoms with Gasteiger partial charge in [0.15, 0.2) is 0 Å². The molecule has 4 aromatic rings. The van der Waals surface area contributed by atoms with Crippen molar-refractivity contribution >= 4 is 21.5 Å². The Labute approximate surface area is 159 Å². The Hall–Kier alpha value is -3.33. The number of hydrogen-bond donors (Lipinski definition) is 1. The second-order valence-electron chi connectivity index (χ2n) is 6.17. The van der Waals surface area contributed by atoms with Crippen LogP contribution in [0.4, 0.5) is 14.5 Å². The highest BCUT2D eigenvalue weighted by atomic mass is 32.2. The van der Waals surface area contributed by atoms with Crippen LogP contribution in [0.3, 0.4) is 0 Å². The van der Waals surface area contributed by atoms with Gasteiger partial charge in [-0.25, -0.2) is 27.2 Å². The van der Waals surface area contributed by atoms with Gasteiger partial charge in [-0.15, -0.1) is 0 Å². The zero-order chi connectivity index (χ0) is 19.7. The molecule has 0 saturated carbocycles. The summed E-state index contributed by atoms with van der Waals surface area (Å²) in [7, 11) is -3.83. The number of benzene rings is 2. The first-order valence-corrected chi connectivity index (χ1v) is 9.89. The van der Waals surface area contributed by atoms with Crippen molar-refractivity contribution in [2.24, 2.45) is 0 Å². The van der Waals surface area contributed by atoms with Crippen molar-refractivity contribution in [1.29, 1.82) is 0 Å². The molecular weight excluding hydrogens is 386 g/mol. The highest BCUT2D eigenvalue weighted by Crippen LogP contribution is 2.22. The van der Waals surface area contributed by atoms with E-state index in [1.54, 1.807) is 40.9 Å². The number of nitrogens with zero attached hydrogens (tertiary/aromatic N) is 3. The first-order valence-electron chi connectivity index (χ1n) is 8.24. The summed E-state index contributed by atoms with van der Waals surface area (Å²) in [6.45, 7) is 0. The third-order valence-electron chi connectivity index (χ3n) is 3.97. The number of nitrogens with one attached hydrogen (secondary N) is 1. The molecule has 4 rings (SSSR count). The largest absolute Gasteiger partial charge is 0.291 e. The van der Waals surface area contributed by atoms with Gasteiger partial charge in [-0.05, 0) is 35.9 Å². The maximum Gasteiger partial charge on any atom is 0.236 e. The van der Waals surface area contributed by atoms with Crippen LogP contribution in [0.2, 0.25) is 0 Å². The minimum atomic E-state index is -3.83. The second-order valence-corrected chi connectivity index (χ2v) is 7.89. The molecule has 0 amide bonds. The molecule has 0 bridgehead atoms. The lowest BCUT2D eigenvalue weighted by Gasteiger charge is -2.09. The lowest BCUT2D eigenvalue weighted by molar-refractivity contribution is 0.579. The van der Waals surface area contributed by atoms with Crippen molar-refractivity contribution in [3.05, 3.63) is 84.3 Å². The van der Waals surface area contributed by atoms with Crippen LogP contribution in [0.25, 0.3) is 17.0 Å². The van der Waals surface area contributed by atoms with Crippen molar-refractivity contribution < 1.29 is 17.2 Å².